The van der Waals surface area contributed by atoms with Crippen LogP contribution in [0.4, 0.5) is 52.7 Å². The Labute approximate surface area is 395 Å². The molecule has 8 rings (SSSR count). The third kappa shape index (κ3) is 12.7. The summed E-state index contributed by atoms with van der Waals surface area (Å²) in [6, 6.07) is 16.8. The van der Waals surface area contributed by atoms with Gasteiger partial charge in [-0.25, -0.2) is 26.3 Å². The zero-order chi connectivity index (χ0) is 45.9. The van der Waals surface area contributed by atoms with Crippen molar-refractivity contribution < 1.29 is 108 Å². The number of carbonyl (C=O) groups is 2. The van der Waals surface area contributed by atoms with Crippen molar-refractivity contribution in [3.63, 3.8) is 0 Å². The molecule has 20 heteroatoms. The van der Waals surface area contributed by atoms with E-state index in [4.69, 9.17) is 0 Å². The zero-order valence-corrected chi connectivity index (χ0v) is 36.2. The number of hydrogen-bond donors (Lipinski definition) is 4. The van der Waals surface area contributed by atoms with Crippen LogP contribution < -0.4 is 40.2 Å². The summed E-state index contributed by atoms with van der Waals surface area (Å²) in [7, 11) is 0. The third-order valence-corrected chi connectivity index (χ3v) is 11.0. The Balaban J connectivity index is 0.000000559. The molecule has 4 aromatic carbocycles. The molecule has 0 bridgehead atoms. The monoisotopic (exact) mass is 958 g/mol. The average molecular weight is 959 g/mol. The zero-order valence-electron chi connectivity index (χ0n) is 34.2. The van der Waals surface area contributed by atoms with Crippen LogP contribution in [0.1, 0.15) is 76.6 Å². The molecule has 356 valence electrons. The van der Waals surface area contributed by atoms with Gasteiger partial charge in [-0.1, -0.05) is 51.3 Å². The molecular weight excluding hydrogens is 911 g/mol. The van der Waals surface area contributed by atoms with Gasteiger partial charge in [0.2, 0.25) is 13.9 Å². The van der Waals surface area contributed by atoms with Crippen LogP contribution in [0.2, 0.25) is 0 Å². The third-order valence-electron chi connectivity index (χ3n) is 11.0. The first-order chi connectivity index (χ1) is 29.0. The fraction of sp³-hybridized carbons (Fsp3) is 0.348. The Hall–Kier alpha value is -4.98. The quantitative estimate of drug-likeness (QED) is 0.113. The van der Waals surface area contributed by atoms with Crippen molar-refractivity contribution in [1.29, 1.82) is 0 Å². The van der Waals surface area contributed by atoms with Gasteiger partial charge < -0.3 is 26.3 Å². The molecule has 7 nitrogen and oxygen atoms in total. The van der Waals surface area contributed by atoms with E-state index in [-0.39, 0.29) is 95.5 Å². The molecule has 0 radical (unpaired) electrons. The number of rotatable bonds is 6. The number of alkyl halides is 10. The van der Waals surface area contributed by atoms with Gasteiger partial charge in [-0.05, 0) is 122 Å². The molecule has 0 saturated heterocycles. The van der Waals surface area contributed by atoms with Gasteiger partial charge in [-0.2, -0.15) is 26.3 Å². The predicted molar refractivity (Wildman–Crippen MR) is 221 cm³/mol. The number of carbonyl (C=O) groups excluding carboxylic acids is 2. The first-order valence-electron chi connectivity index (χ1n) is 18.8. The summed E-state index contributed by atoms with van der Waals surface area (Å²) < 4.78 is 144. The van der Waals surface area contributed by atoms with Crippen LogP contribution in [-0.4, -0.2) is 52.4 Å². The van der Waals surface area contributed by atoms with Crippen LogP contribution in [0, 0.1) is 23.5 Å². The van der Waals surface area contributed by atoms with E-state index >= 15 is 0 Å². The molecule has 2 aliphatic carbocycles. The second-order valence-electron chi connectivity index (χ2n) is 15.1. The van der Waals surface area contributed by atoms with Crippen molar-refractivity contribution in [2.24, 2.45) is 11.8 Å². The molecule has 0 spiro atoms. The number of amides is 2. The molecule has 4 aromatic rings. The SMILES string of the molecule is C.C.CC1(C2CC2)NC(=O)C(c2cc(-c3ccc(C(F)(F)F)cc3)ccc2F)=C1O.CC1(C2CC2)NC(=O)C(c2cc(-c3ccc(C(F)(F)F)cc3)ccc2F)=C1O.FCF.FCF.[Na+].[OH-]. The first kappa shape index (κ1) is 59.0. The van der Waals surface area contributed by atoms with Crippen LogP contribution in [0.3, 0.4) is 0 Å². The Morgan fingerprint density at radius 2 is 0.803 bits per heavy atom. The molecule has 0 aromatic heterocycles. The molecule has 2 atom stereocenters. The van der Waals surface area contributed by atoms with Gasteiger partial charge in [0, 0.05) is 11.1 Å². The largest absolute Gasteiger partial charge is 1.00 e. The van der Waals surface area contributed by atoms with Crippen molar-refractivity contribution >= 4 is 23.0 Å². The number of halogens is 12. The van der Waals surface area contributed by atoms with Crippen molar-refractivity contribution in [3.8, 4) is 22.3 Å². The van der Waals surface area contributed by atoms with Gasteiger partial charge in [-0.15, -0.1) is 0 Å². The minimum Gasteiger partial charge on any atom is -0.870 e. The van der Waals surface area contributed by atoms with Crippen LogP contribution in [0.15, 0.2) is 96.4 Å². The van der Waals surface area contributed by atoms with E-state index < -0.39 is 71.9 Å². The van der Waals surface area contributed by atoms with E-state index in [0.717, 1.165) is 62.1 Å². The van der Waals surface area contributed by atoms with Crippen LogP contribution in [0.5, 0.6) is 0 Å². The van der Waals surface area contributed by atoms with E-state index in [1.54, 1.807) is 13.8 Å². The predicted octanol–water partition coefficient (Wildman–Crippen LogP) is 10.0. The summed E-state index contributed by atoms with van der Waals surface area (Å²) >= 11 is 0. The molecule has 2 fully saturated rings. The van der Waals surface area contributed by atoms with Crippen molar-refractivity contribution in [2.45, 2.75) is 77.8 Å². The standard InChI is InChI=1S/2C21H17F4NO2.2CH2F2.2CH4.Na.H2O/c2*1-20(13-7-8-13)18(27)17(19(28)26-20)15-10-12(4-9-16(15)22)11-2-5-14(6-3-11)21(23,24)25;2*2-1-3;;;;/h2*2-6,9-10,13,27H,7-8H2,1H3,(H,26,28);2*1H2;2*1H4;;1H2/q;;;;;;+1;/p-1. The van der Waals surface area contributed by atoms with Gasteiger partial charge in [0.15, 0.2) is 0 Å². The minimum atomic E-state index is -4.45. The fourth-order valence-electron chi connectivity index (χ4n) is 7.36. The minimum absolute atomic E-state index is 0. The maximum atomic E-state index is 14.5. The maximum Gasteiger partial charge on any atom is 1.00 e. The second kappa shape index (κ2) is 23.2. The van der Waals surface area contributed by atoms with Crippen LogP contribution in [-0.2, 0) is 21.9 Å². The summed E-state index contributed by atoms with van der Waals surface area (Å²) in [5.74, 6) is -2.66. The molecule has 5 N–H and O–H groups in total. The number of hydrogen-bond acceptors (Lipinski definition) is 5. The van der Waals surface area contributed by atoms with Gasteiger partial charge >= 0.3 is 41.9 Å². The van der Waals surface area contributed by atoms with E-state index in [9.17, 15) is 72.5 Å². The van der Waals surface area contributed by atoms with E-state index in [1.165, 1.54) is 48.5 Å². The maximum absolute atomic E-state index is 14.5. The molecule has 2 saturated carbocycles. The molecule has 66 heavy (non-hydrogen) atoms. The van der Waals surface area contributed by atoms with Crippen molar-refractivity contribution in [3.05, 3.63) is 130 Å². The fourth-order valence-corrected chi connectivity index (χ4v) is 7.36. The van der Waals surface area contributed by atoms with Gasteiger partial charge in [0.1, 0.15) is 23.2 Å². The Morgan fingerprint density at radius 1 is 0.545 bits per heavy atom. The van der Waals surface area contributed by atoms with Gasteiger partial charge in [-0.3, -0.25) is 9.59 Å². The second-order valence-corrected chi connectivity index (χ2v) is 15.1. The van der Waals surface area contributed by atoms with E-state index in [1.807, 2.05) is 0 Å². The van der Waals surface area contributed by atoms with Crippen LogP contribution >= 0.6 is 0 Å². The van der Waals surface area contributed by atoms with E-state index in [2.05, 4.69) is 10.6 Å². The average Bonchev–Trinajstić information content (AvgIpc) is 4.14. The summed E-state index contributed by atoms with van der Waals surface area (Å²) in [5, 5.41) is 26.8. The topological polar surface area (TPSA) is 129 Å². The van der Waals surface area contributed by atoms with Gasteiger partial charge in [0.25, 0.3) is 11.8 Å². The summed E-state index contributed by atoms with van der Waals surface area (Å²) in [5.41, 5.74) is -2.02. The Kier molecular flexibility index (Phi) is 20.7. The number of aliphatic hydroxyl groups is 2. The Morgan fingerprint density at radius 3 is 1.05 bits per heavy atom. The number of benzene rings is 4. The van der Waals surface area contributed by atoms with E-state index in [0.29, 0.717) is 22.3 Å². The smallest absolute Gasteiger partial charge is 0.870 e. The normalized spacial score (nSPS) is 19.7. The summed E-state index contributed by atoms with van der Waals surface area (Å²) in [4.78, 5) is 24.9. The first-order valence-corrected chi connectivity index (χ1v) is 18.8. The molecule has 2 aliphatic heterocycles. The molecule has 4 aliphatic rings. The van der Waals surface area contributed by atoms with Crippen molar-refractivity contribution in [1.82, 2.24) is 10.6 Å². The summed E-state index contributed by atoms with van der Waals surface area (Å²) in [6.07, 6.45) is -5.44. The molecule has 2 unspecified atom stereocenters. The number of aliphatic hydroxyl groups excluding tert-OH is 2. The molecule has 2 heterocycles. The molecule has 2 amide bonds. The van der Waals surface area contributed by atoms with Gasteiger partial charge in [0.05, 0.1) is 33.4 Å². The van der Waals surface area contributed by atoms with Crippen molar-refractivity contribution in [2.75, 3.05) is 13.9 Å². The summed E-state index contributed by atoms with van der Waals surface area (Å²) in [6.45, 7) is -0.0783. The van der Waals surface area contributed by atoms with Crippen LogP contribution in [0.25, 0.3) is 33.4 Å². The Bertz CT molecular complexity index is 2200. The number of nitrogens with one attached hydrogen (secondary N) is 2. The molecular formula is C46H47F12N2NaO5.